The molecule has 3 rings (SSSR count). The van der Waals surface area contributed by atoms with Crippen LogP contribution in [-0.2, 0) is 30.9 Å². The Labute approximate surface area is 174 Å². The van der Waals surface area contributed by atoms with Crippen molar-refractivity contribution in [1.29, 1.82) is 0 Å². The van der Waals surface area contributed by atoms with Crippen LogP contribution in [0.25, 0.3) is 0 Å². The highest BCUT2D eigenvalue weighted by Gasteiger charge is 2.37. The average Bonchev–Trinajstić information content (AvgIpc) is 3.42. The van der Waals surface area contributed by atoms with Gasteiger partial charge in [-0.25, -0.2) is 8.42 Å². The highest BCUT2D eigenvalue weighted by Crippen LogP contribution is 2.26. The molecule has 2 amide bonds. The third-order valence-corrected chi connectivity index (χ3v) is 6.45. The fourth-order valence-electron chi connectivity index (χ4n) is 3.01. The van der Waals surface area contributed by atoms with Gasteiger partial charge in [0.05, 0.1) is 38.0 Å². The van der Waals surface area contributed by atoms with Crippen LogP contribution in [0.2, 0.25) is 0 Å². The summed E-state index contributed by atoms with van der Waals surface area (Å²) >= 11 is 0. The van der Waals surface area contributed by atoms with Crippen molar-refractivity contribution in [2.45, 2.75) is 24.6 Å². The van der Waals surface area contributed by atoms with Crippen molar-refractivity contribution in [3.63, 3.8) is 0 Å². The zero-order chi connectivity index (χ0) is 21.7. The lowest BCUT2D eigenvalue weighted by Crippen LogP contribution is -2.47. The number of ether oxygens (including phenoxy) is 2. The van der Waals surface area contributed by atoms with E-state index in [1.807, 2.05) is 0 Å². The zero-order valence-electron chi connectivity index (χ0n) is 16.6. The average molecular weight is 437 g/mol. The van der Waals surface area contributed by atoms with E-state index in [2.05, 4.69) is 10.6 Å². The van der Waals surface area contributed by atoms with Gasteiger partial charge in [0, 0.05) is 6.54 Å². The molecule has 11 heteroatoms. The molecule has 30 heavy (non-hydrogen) atoms. The minimum absolute atomic E-state index is 0.0660. The fourth-order valence-corrected chi connectivity index (χ4v) is 4.61. The van der Waals surface area contributed by atoms with E-state index in [-0.39, 0.29) is 31.1 Å². The maximum absolute atomic E-state index is 13.0. The number of nitrogens with zero attached hydrogens (tertiary/aromatic N) is 1. The number of hydrogen-bond acceptors (Lipinski definition) is 7. The summed E-state index contributed by atoms with van der Waals surface area (Å²) in [4.78, 5) is 24.0. The Bertz CT molecular complexity index is 1010. The van der Waals surface area contributed by atoms with Gasteiger partial charge in [0.15, 0.2) is 0 Å². The van der Waals surface area contributed by atoms with Crippen LogP contribution in [0.4, 0.5) is 0 Å². The molecular weight excluding hydrogens is 414 g/mol. The van der Waals surface area contributed by atoms with E-state index >= 15 is 0 Å². The molecule has 0 aliphatic carbocycles. The van der Waals surface area contributed by atoms with Crippen LogP contribution in [-0.4, -0.2) is 57.6 Å². The summed E-state index contributed by atoms with van der Waals surface area (Å²) in [6.07, 6.45) is 0.539. The summed E-state index contributed by atoms with van der Waals surface area (Å²) in [6, 6.07) is 7.88. The van der Waals surface area contributed by atoms with Crippen LogP contribution < -0.4 is 15.4 Å². The predicted octanol–water partition coefficient (Wildman–Crippen LogP) is 0.376. The number of hydrogen-bond donors (Lipinski definition) is 2. The van der Waals surface area contributed by atoms with Gasteiger partial charge in [-0.1, -0.05) is 0 Å². The van der Waals surface area contributed by atoms with Crippen LogP contribution in [0.5, 0.6) is 5.75 Å². The topological polar surface area (TPSA) is 127 Å². The van der Waals surface area contributed by atoms with Crippen molar-refractivity contribution >= 4 is 21.8 Å². The van der Waals surface area contributed by atoms with Gasteiger partial charge in [0.25, 0.3) is 0 Å². The van der Waals surface area contributed by atoms with Crippen LogP contribution in [0.15, 0.2) is 45.9 Å². The number of sulfonamides is 1. The van der Waals surface area contributed by atoms with E-state index in [1.54, 1.807) is 25.1 Å². The highest BCUT2D eigenvalue weighted by atomic mass is 32.2. The first-order chi connectivity index (χ1) is 14.3. The molecule has 0 spiro atoms. The Morgan fingerprint density at radius 2 is 2.00 bits per heavy atom. The maximum atomic E-state index is 13.0. The Hall–Kier alpha value is -2.89. The second kappa shape index (κ2) is 9.28. The summed E-state index contributed by atoms with van der Waals surface area (Å²) in [7, 11) is -2.35. The second-order valence-electron chi connectivity index (χ2n) is 6.54. The number of amides is 2. The number of benzene rings is 1. The van der Waals surface area contributed by atoms with E-state index in [0.29, 0.717) is 17.1 Å². The van der Waals surface area contributed by atoms with Crippen molar-refractivity contribution in [2.24, 2.45) is 0 Å². The molecule has 2 heterocycles. The van der Waals surface area contributed by atoms with Gasteiger partial charge in [0.1, 0.15) is 17.7 Å². The van der Waals surface area contributed by atoms with Crippen molar-refractivity contribution in [1.82, 2.24) is 14.9 Å². The Balaban J connectivity index is 1.60. The van der Waals surface area contributed by atoms with Gasteiger partial charge in [-0.2, -0.15) is 4.31 Å². The van der Waals surface area contributed by atoms with E-state index in [0.717, 1.165) is 4.31 Å². The summed E-state index contributed by atoms with van der Waals surface area (Å²) in [5.74, 6) is -0.669. The molecule has 0 radical (unpaired) electrons. The molecule has 0 bridgehead atoms. The molecule has 1 aliphatic heterocycles. The Morgan fingerprint density at radius 3 is 2.67 bits per heavy atom. The van der Waals surface area contributed by atoms with E-state index in [1.165, 1.54) is 25.5 Å². The minimum Gasteiger partial charge on any atom is -0.496 e. The van der Waals surface area contributed by atoms with Gasteiger partial charge in [-0.05, 0) is 42.8 Å². The smallest absolute Gasteiger partial charge is 0.309 e. The molecule has 10 nitrogen and oxygen atoms in total. The molecule has 162 valence electrons. The normalized spacial score (nSPS) is 16.9. The second-order valence-corrected chi connectivity index (χ2v) is 8.44. The van der Waals surface area contributed by atoms with E-state index in [9.17, 15) is 18.0 Å². The van der Waals surface area contributed by atoms with Crippen molar-refractivity contribution in [2.75, 3.05) is 26.8 Å². The lowest BCUT2D eigenvalue weighted by atomic mass is 10.2. The molecule has 0 unspecified atom stereocenters. The molecule has 1 fully saturated rings. The van der Waals surface area contributed by atoms with Gasteiger partial charge < -0.3 is 24.5 Å². The van der Waals surface area contributed by atoms with E-state index < -0.39 is 28.1 Å². The molecule has 1 saturated heterocycles. The quantitative estimate of drug-likeness (QED) is 0.600. The first-order valence-electron chi connectivity index (χ1n) is 9.19. The first-order valence-corrected chi connectivity index (χ1v) is 10.6. The molecule has 1 aromatic carbocycles. The molecule has 0 saturated carbocycles. The molecular formula is C19H23N3O7S. The summed E-state index contributed by atoms with van der Waals surface area (Å²) in [6.45, 7) is 1.97. The van der Waals surface area contributed by atoms with Crippen molar-refractivity contribution < 1.29 is 31.9 Å². The summed E-state index contributed by atoms with van der Waals surface area (Å²) in [5, 5.41) is 4.82. The van der Waals surface area contributed by atoms with Crippen molar-refractivity contribution in [3.05, 3.63) is 47.9 Å². The SMILES string of the molecule is COc1ccc(S(=O)(=O)N2CCO[C@@H]2CNC(=O)C(=O)NCc2ccco2)cc1C. The molecule has 2 N–H and O–H groups in total. The summed E-state index contributed by atoms with van der Waals surface area (Å²) in [5.41, 5.74) is 0.678. The Kier molecular flexibility index (Phi) is 6.75. The summed E-state index contributed by atoms with van der Waals surface area (Å²) < 4.78 is 42.9. The number of aryl methyl sites for hydroxylation is 1. The largest absolute Gasteiger partial charge is 0.496 e. The number of furan rings is 1. The number of rotatable bonds is 7. The first kappa shape index (κ1) is 21.8. The van der Waals surface area contributed by atoms with Crippen LogP contribution in [0, 0.1) is 6.92 Å². The fraction of sp³-hybridized carbons (Fsp3) is 0.368. The third-order valence-electron chi connectivity index (χ3n) is 4.56. The maximum Gasteiger partial charge on any atom is 0.309 e. The molecule has 1 atom stereocenters. The lowest BCUT2D eigenvalue weighted by molar-refractivity contribution is -0.139. The molecule has 1 aliphatic rings. The van der Waals surface area contributed by atoms with Gasteiger partial charge in [-0.3, -0.25) is 9.59 Å². The van der Waals surface area contributed by atoms with Crippen LogP contribution in [0.1, 0.15) is 11.3 Å². The van der Waals surface area contributed by atoms with Crippen molar-refractivity contribution in [3.8, 4) is 5.75 Å². The number of nitrogens with one attached hydrogen (secondary N) is 2. The Morgan fingerprint density at radius 1 is 1.23 bits per heavy atom. The van der Waals surface area contributed by atoms with Crippen LogP contribution >= 0.6 is 0 Å². The zero-order valence-corrected chi connectivity index (χ0v) is 17.4. The van der Waals surface area contributed by atoms with Gasteiger partial charge in [-0.15, -0.1) is 0 Å². The number of carbonyl (C=O) groups is 2. The number of carbonyl (C=O) groups excluding carboxylic acids is 2. The number of methoxy groups -OCH3 is 1. The third kappa shape index (κ3) is 4.81. The standard InChI is InChI=1S/C19H23N3O7S/c1-13-10-15(5-6-16(13)27-2)30(25,26)22-7-9-29-17(22)12-21-19(24)18(23)20-11-14-4-3-8-28-14/h3-6,8,10,17H,7,9,11-12H2,1-2H3,(H,20,23)(H,21,24)/t17-/m1/s1. The van der Waals surface area contributed by atoms with E-state index in [4.69, 9.17) is 13.9 Å². The minimum atomic E-state index is -3.85. The monoisotopic (exact) mass is 437 g/mol. The highest BCUT2D eigenvalue weighted by molar-refractivity contribution is 7.89. The lowest BCUT2D eigenvalue weighted by Gasteiger charge is -2.23. The van der Waals surface area contributed by atoms with Gasteiger partial charge in [0.2, 0.25) is 10.0 Å². The van der Waals surface area contributed by atoms with Crippen LogP contribution in [0.3, 0.4) is 0 Å². The van der Waals surface area contributed by atoms with Gasteiger partial charge >= 0.3 is 11.8 Å². The predicted molar refractivity (Wildman–Crippen MR) is 105 cm³/mol. The molecule has 2 aromatic rings. The molecule has 1 aromatic heterocycles.